The van der Waals surface area contributed by atoms with Gasteiger partial charge in [0.25, 0.3) is 5.56 Å². The zero-order valence-corrected chi connectivity index (χ0v) is 19.1. The Balaban J connectivity index is 1.30. The Morgan fingerprint density at radius 1 is 1.18 bits per heavy atom. The Morgan fingerprint density at radius 3 is 2.88 bits per heavy atom. The Labute approximate surface area is 195 Å². The number of aryl methyl sites for hydroxylation is 2. The molecule has 0 fully saturated rings. The van der Waals surface area contributed by atoms with Crippen molar-refractivity contribution in [3.8, 4) is 0 Å². The first-order chi connectivity index (χ1) is 16.2. The molecule has 0 bridgehead atoms. The van der Waals surface area contributed by atoms with E-state index in [-0.39, 0.29) is 12.2 Å². The number of hydrogen-bond donors (Lipinski definition) is 2. The van der Waals surface area contributed by atoms with Gasteiger partial charge in [0.1, 0.15) is 23.0 Å². The van der Waals surface area contributed by atoms with Crippen LogP contribution in [-0.4, -0.2) is 39.2 Å². The summed E-state index contributed by atoms with van der Waals surface area (Å²) < 4.78 is 10.9. The smallest absolute Gasteiger partial charge is 0.259 e. The molecule has 1 aliphatic rings. The molecule has 1 atom stereocenters. The number of aromatic amines is 1. The highest BCUT2D eigenvalue weighted by atomic mass is 32.1. The fourth-order valence-corrected chi connectivity index (χ4v) is 5.68. The van der Waals surface area contributed by atoms with Crippen LogP contribution < -0.4 is 5.56 Å². The minimum absolute atomic E-state index is 0.0589. The van der Waals surface area contributed by atoms with Gasteiger partial charge in [-0.1, -0.05) is 30.3 Å². The predicted octanol–water partition coefficient (Wildman–Crippen LogP) is 3.65. The number of hydrogen-bond acceptors (Lipinski definition) is 7. The summed E-state index contributed by atoms with van der Waals surface area (Å²) in [5.41, 5.74) is 2.25. The van der Waals surface area contributed by atoms with E-state index in [2.05, 4.69) is 22.0 Å². The Bertz CT molecular complexity index is 1250. The van der Waals surface area contributed by atoms with Gasteiger partial charge in [0.15, 0.2) is 0 Å². The lowest BCUT2D eigenvalue weighted by atomic mass is 10.2. The summed E-state index contributed by atoms with van der Waals surface area (Å²) in [5.74, 6) is 1.34. The zero-order valence-electron chi connectivity index (χ0n) is 18.3. The van der Waals surface area contributed by atoms with Crippen molar-refractivity contribution in [1.29, 1.82) is 0 Å². The van der Waals surface area contributed by atoms with Crippen LogP contribution in [0.5, 0.6) is 0 Å². The normalized spacial score (nSPS) is 14.2. The first-order valence-corrected chi connectivity index (χ1v) is 12.1. The van der Waals surface area contributed by atoms with Gasteiger partial charge in [-0.15, -0.1) is 11.3 Å². The van der Waals surface area contributed by atoms with Crippen LogP contribution in [0.1, 0.15) is 34.0 Å². The molecule has 0 saturated heterocycles. The van der Waals surface area contributed by atoms with Crippen LogP contribution in [0.15, 0.2) is 57.9 Å². The monoisotopic (exact) mass is 465 g/mol. The minimum atomic E-state index is -0.690. The van der Waals surface area contributed by atoms with Gasteiger partial charge in [-0.25, -0.2) is 4.98 Å². The van der Waals surface area contributed by atoms with Gasteiger partial charge >= 0.3 is 0 Å². The van der Waals surface area contributed by atoms with Crippen LogP contribution >= 0.6 is 11.3 Å². The number of furan rings is 1. The second-order valence-electron chi connectivity index (χ2n) is 8.45. The minimum Gasteiger partial charge on any atom is -0.467 e. The SMILES string of the molecule is O=c1[nH]c(CN(Cc2ccccc2)C[C@H](O)COCc2ccco2)nc2sc3c(c12)CCC3. The molecule has 0 amide bonds. The summed E-state index contributed by atoms with van der Waals surface area (Å²) in [5, 5.41) is 11.4. The molecular formula is C25H27N3O4S. The van der Waals surface area contributed by atoms with Crippen molar-refractivity contribution in [3.63, 3.8) is 0 Å². The number of fused-ring (bicyclic) bond motifs is 3. The highest BCUT2D eigenvalue weighted by molar-refractivity contribution is 7.18. The molecule has 2 N–H and O–H groups in total. The third-order valence-electron chi connectivity index (χ3n) is 5.85. The maximum absolute atomic E-state index is 12.9. The topological polar surface area (TPSA) is 91.6 Å². The maximum Gasteiger partial charge on any atom is 0.259 e. The van der Waals surface area contributed by atoms with Crippen LogP contribution in [0.25, 0.3) is 10.2 Å². The largest absolute Gasteiger partial charge is 0.467 e. The number of aromatic nitrogens is 2. The second kappa shape index (κ2) is 10.0. The van der Waals surface area contributed by atoms with Crippen molar-refractivity contribution in [2.45, 2.75) is 45.1 Å². The van der Waals surface area contributed by atoms with E-state index in [0.29, 0.717) is 32.1 Å². The van der Waals surface area contributed by atoms with Crippen LogP contribution in [0, 0.1) is 0 Å². The molecule has 8 heteroatoms. The maximum atomic E-state index is 12.9. The van der Waals surface area contributed by atoms with Crippen molar-refractivity contribution in [2.24, 2.45) is 0 Å². The first-order valence-electron chi connectivity index (χ1n) is 11.2. The number of rotatable bonds is 10. The Hall–Kier alpha value is -2.78. The van der Waals surface area contributed by atoms with Crippen LogP contribution in [0.2, 0.25) is 0 Å². The van der Waals surface area contributed by atoms with Crippen molar-refractivity contribution in [2.75, 3.05) is 13.2 Å². The average Bonchev–Trinajstić information content (AvgIpc) is 3.52. The molecule has 0 unspecified atom stereocenters. The average molecular weight is 466 g/mol. The van der Waals surface area contributed by atoms with Crippen LogP contribution in [-0.2, 0) is 37.3 Å². The lowest BCUT2D eigenvalue weighted by Gasteiger charge is -2.24. The third kappa shape index (κ3) is 5.25. The van der Waals surface area contributed by atoms with E-state index in [1.165, 1.54) is 10.4 Å². The molecule has 4 aromatic rings. The van der Waals surface area contributed by atoms with E-state index < -0.39 is 6.10 Å². The zero-order chi connectivity index (χ0) is 22.6. The number of nitrogens with zero attached hydrogens (tertiary/aromatic N) is 2. The molecule has 0 spiro atoms. The number of ether oxygens (including phenoxy) is 1. The summed E-state index contributed by atoms with van der Waals surface area (Å²) in [7, 11) is 0. The van der Waals surface area contributed by atoms with E-state index in [1.54, 1.807) is 17.6 Å². The number of nitrogens with one attached hydrogen (secondary N) is 1. The number of benzene rings is 1. The molecule has 172 valence electrons. The highest BCUT2D eigenvalue weighted by Gasteiger charge is 2.22. The molecule has 33 heavy (non-hydrogen) atoms. The summed E-state index contributed by atoms with van der Waals surface area (Å²) in [4.78, 5) is 24.8. The van der Waals surface area contributed by atoms with Gasteiger partial charge in [-0.05, 0) is 42.5 Å². The van der Waals surface area contributed by atoms with E-state index in [1.807, 2.05) is 30.3 Å². The lowest BCUT2D eigenvalue weighted by Crippen LogP contribution is -2.35. The van der Waals surface area contributed by atoms with Gasteiger partial charge < -0.3 is 19.2 Å². The summed E-state index contributed by atoms with van der Waals surface area (Å²) in [6.07, 6.45) is 4.02. The van der Waals surface area contributed by atoms with E-state index in [0.717, 1.165) is 40.8 Å². The molecule has 0 aliphatic heterocycles. The molecule has 3 heterocycles. The number of aliphatic hydroxyl groups is 1. The quantitative estimate of drug-likeness (QED) is 0.372. The van der Waals surface area contributed by atoms with Crippen molar-refractivity contribution in [3.05, 3.63) is 86.7 Å². The van der Waals surface area contributed by atoms with Gasteiger partial charge in [-0.2, -0.15) is 0 Å². The number of aliphatic hydroxyl groups excluding tert-OH is 1. The number of thiophene rings is 1. The van der Waals surface area contributed by atoms with E-state index in [9.17, 15) is 9.90 Å². The van der Waals surface area contributed by atoms with E-state index in [4.69, 9.17) is 14.1 Å². The molecule has 7 nitrogen and oxygen atoms in total. The van der Waals surface area contributed by atoms with Gasteiger partial charge in [0, 0.05) is 18.0 Å². The van der Waals surface area contributed by atoms with Crippen molar-refractivity contribution in [1.82, 2.24) is 14.9 Å². The third-order valence-corrected chi connectivity index (χ3v) is 7.04. The molecule has 3 aromatic heterocycles. The summed E-state index contributed by atoms with van der Waals surface area (Å²) in [6.45, 7) is 1.94. The molecule has 0 saturated carbocycles. The predicted molar refractivity (Wildman–Crippen MR) is 127 cm³/mol. The molecular weight excluding hydrogens is 438 g/mol. The second-order valence-corrected chi connectivity index (χ2v) is 9.54. The van der Waals surface area contributed by atoms with Crippen molar-refractivity contribution < 1.29 is 14.3 Å². The van der Waals surface area contributed by atoms with Crippen LogP contribution in [0.4, 0.5) is 0 Å². The Kier molecular flexibility index (Phi) is 6.68. The Morgan fingerprint density at radius 2 is 2.06 bits per heavy atom. The molecule has 5 rings (SSSR count). The summed E-state index contributed by atoms with van der Waals surface area (Å²) >= 11 is 1.64. The summed E-state index contributed by atoms with van der Waals surface area (Å²) in [6, 6.07) is 13.7. The highest BCUT2D eigenvalue weighted by Crippen LogP contribution is 2.34. The van der Waals surface area contributed by atoms with Gasteiger partial charge in [0.05, 0.1) is 30.9 Å². The number of H-pyrrole nitrogens is 1. The van der Waals surface area contributed by atoms with Crippen molar-refractivity contribution >= 4 is 21.6 Å². The van der Waals surface area contributed by atoms with Gasteiger partial charge in [0.2, 0.25) is 0 Å². The molecule has 0 radical (unpaired) electrons. The van der Waals surface area contributed by atoms with Gasteiger partial charge in [-0.3, -0.25) is 9.69 Å². The fraction of sp³-hybridized carbons (Fsp3) is 0.360. The first kappa shape index (κ1) is 22.0. The van der Waals surface area contributed by atoms with E-state index >= 15 is 0 Å². The van der Waals surface area contributed by atoms with Crippen LogP contribution in [0.3, 0.4) is 0 Å². The lowest BCUT2D eigenvalue weighted by molar-refractivity contribution is 0.00217. The fourth-order valence-electron chi connectivity index (χ4n) is 4.40. The molecule has 1 aromatic carbocycles. The molecule has 1 aliphatic carbocycles. The standard InChI is InChI=1S/C25H27N3O4S/c29-18(15-31-16-19-8-5-11-32-19)13-28(12-17-6-2-1-3-7-17)14-22-26-24(30)23-20-9-4-10-21(20)33-25(23)27-22/h1-3,5-8,11,18,29H,4,9-10,12-16H2,(H,26,27,30)/t18-/m0/s1.